The van der Waals surface area contributed by atoms with Gasteiger partial charge in [0.25, 0.3) is 5.91 Å². The highest BCUT2D eigenvalue weighted by Crippen LogP contribution is 2.16. The van der Waals surface area contributed by atoms with E-state index in [0.717, 1.165) is 32.6 Å². The lowest BCUT2D eigenvalue weighted by atomic mass is 9.98. The third kappa shape index (κ3) is 3.56. The summed E-state index contributed by atoms with van der Waals surface area (Å²) in [5.74, 6) is 1.21. The predicted octanol–water partition coefficient (Wildman–Crippen LogP) is 1.83. The highest BCUT2D eigenvalue weighted by atomic mass is 16.5. The normalized spacial score (nSPS) is 19.4. The van der Waals surface area contributed by atoms with Crippen molar-refractivity contribution in [1.29, 1.82) is 0 Å². The van der Waals surface area contributed by atoms with Gasteiger partial charge in [0, 0.05) is 13.1 Å². The lowest BCUT2D eigenvalue weighted by molar-refractivity contribution is 0.0717. The first-order valence-electron chi connectivity index (χ1n) is 7.13. The zero-order valence-electron chi connectivity index (χ0n) is 11.8. The van der Waals surface area contributed by atoms with E-state index in [4.69, 9.17) is 4.52 Å². The number of amides is 1. The summed E-state index contributed by atoms with van der Waals surface area (Å²) in [5, 5.41) is 7.10. The zero-order valence-corrected chi connectivity index (χ0v) is 11.8. The number of carbonyl (C=O) groups excluding carboxylic acids is 1. The lowest BCUT2D eigenvalue weighted by Crippen LogP contribution is -2.41. The molecular formula is C14H23N3O2. The smallest absolute Gasteiger partial charge is 0.259 e. The van der Waals surface area contributed by atoms with E-state index in [2.05, 4.69) is 17.4 Å². The van der Waals surface area contributed by atoms with Crippen molar-refractivity contribution in [2.75, 3.05) is 26.2 Å². The largest absolute Gasteiger partial charge is 0.361 e. The Morgan fingerprint density at radius 3 is 3.05 bits per heavy atom. The molecule has 1 unspecified atom stereocenters. The number of hydrogen-bond acceptors (Lipinski definition) is 4. The molecule has 1 N–H and O–H groups in total. The van der Waals surface area contributed by atoms with Gasteiger partial charge < -0.3 is 14.7 Å². The summed E-state index contributed by atoms with van der Waals surface area (Å²) in [5.41, 5.74) is 0.595. The molecule has 5 nitrogen and oxygen atoms in total. The number of rotatable bonds is 5. The summed E-state index contributed by atoms with van der Waals surface area (Å²) in [6.45, 7) is 7.61. The lowest BCUT2D eigenvalue weighted by Gasteiger charge is -2.30. The zero-order chi connectivity index (χ0) is 13.7. The van der Waals surface area contributed by atoms with Crippen LogP contribution in [0.1, 0.15) is 42.3 Å². The standard InChI is InChI=1S/C14H23N3O2/c1-3-7-17(10-12-5-4-6-15-8-12)14(18)13-9-16-19-11(13)2/h9,12,15H,3-8,10H2,1-2H3. The Kier molecular flexibility index (Phi) is 4.96. The second-order valence-corrected chi connectivity index (χ2v) is 5.26. The van der Waals surface area contributed by atoms with Gasteiger partial charge in [-0.05, 0) is 45.2 Å². The second kappa shape index (κ2) is 6.70. The average molecular weight is 265 g/mol. The van der Waals surface area contributed by atoms with E-state index in [1.807, 2.05) is 4.90 Å². The van der Waals surface area contributed by atoms with Crippen molar-refractivity contribution in [3.05, 3.63) is 17.5 Å². The third-order valence-electron chi connectivity index (χ3n) is 3.64. The Morgan fingerprint density at radius 1 is 1.63 bits per heavy atom. The maximum Gasteiger partial charge on any atom is 0.259 e. The maximum atomic E-state index is 12.5. The van der Waals surface area contributed by atoms with Gasteiger partial charge in [-0.2, -0.15) is 0 Å². The molecule has 19 heavy (non-hydrogen) atoms. The van der Waals surface area contributed by atoms with Crippen LogP contribution in [-0.4, -0.2) is 42.1 Å². The number of nitrogens with zero attached hydrogens (tertiary/aromatic N) is 2. The van der Waals surface area contributed by atoms with Crippen molar-refractivity contribution in [2.24, 2.45) is 5.92 Å². The first-order chi connectivity index (χ1) is 9.22. The molecule has 2 heterocycles. The fourth-order valence-electron chi connectivity index (χ4n) is 2.61. The summed E-state index contributed by atoms with van der Waals surface area (Å²) in [7, 11) is 0. The van der Waals surface area contributed by atoms with Crippen molar-refractivity contribution in [3.63, 3.8) is 0 Å². The first kappa shape index (κ1) is 14.1. The van der Waals surface area contributed by atoms with Crippen molar-refractivity contribution in [3.8, 4) is 0 Å². The molecule has 5 heteroatoms. The van der Waals surface area contributed by atoms with E-state index in [1.165, 1.54) is 19.0 Å². The fraction of sp³-hybridized carbons (Fsp3) is 0.714. The monoisotopic (exact) mass is 265 g/mol. The highest BCUT2D eigenvalue weighted by molar-refractivity contribution is 5.94. The van der Waals surface area contributed by atoms with Crippen molar-refractivity contribution >= 4 is 5.91 Å². The molecule has 1 aromatic heterocycles. The van der Waals surface area contributed by atoms with E-state index in [1.54, 1.807) is 6.92 Å². The minimum absolute atomic E-state index is 0.0474. The van der Waals surface area contributed by atoms with Gasteiger partial charge in [-0.3, -0.25) is 4.79 Å². The summed E-state index contributed by atoms with van der Waals surface area (Å²) in [4.78, 5) is 14.4. The third-order valence-corrected chi connectivity index (χ3v) is 3.64. The van der Waals surface area contributed by atoms with Crippen molar-refractivity contribution in [1.82, 2.24) is 15.4 Å². The Labute approximate surface area is 114 Å². The average Bonchev–Trinajstić information content (AvgIpc) is 2.85. The van der Waals surface area contributed by atoms with Crippen molar-refractivity contribution < 1.29 is 9.32 Å². The van der Waals surface area contributed by atoms with Gasteiger partial charge in [0.1, 0.15) is 11.3 Å². The molecule has 1 atom stereocenters. The molecule has 1 aliphatic heterocycles. The molecule has 1 fully saturated rings. The van der Waals surface area contributed by atoms with Crippen LogP contribution in [0.5, 0.6) is 0 Å². The van der Waals surface area contributed by atoms with Crippen molar-refractivity contribution in [2.45, 2.75) is 33.1 Å². The van der Waals surface area contributed by atoms with E-state index in [-0.39, 0.29) is 5.91 Å². The number of aromatic nitrogens is 1. The molecule has 0 saturated carbocycles. The molecule has 0 bridgehead atoms. The molecule has 1 aromatic rings. The molecule has 0 spiro atoms. The number of hydrogen-bond donors (Lipinski definition) is 1. The summed E-state index contributed by atoms with van der Waals surface area (Å²) < 4.78 is 4.99. The molecule has 1 saturated heterocycles. The summed E-state index contributed by atoms with van der Waals surface area (Å²) in [6.07, 6.45) is 4.89. The maximum absolute atomic E-state index is 12.5. The van der Waals surface area contributed by atoms with Crippen LogP contribution in [0, 0.1) is 12.8 Å². The van der Waals surface area contributed by atoms with E-state index in [9.17, 15) is 4.79 Å². The molecule has 106 valence electrons. The Balaban J connectivity index is 2.02. The van der Waals surface area contributed by atoms with Crippen LogP contribution >= 0.6 is 0 Å². The molecule has 1 amide bonds. The molecule has 0 aliphatic carbocycles. The van der Waals surface area contributed by atoms with E-state index in [0.29, 0.717) is 17.2 Å². The van der Waals surface area contributed by atoms with Crippen LogP contribution in [0.4, 0.5) is 0 Å². The van der Waals surface area contributed by atoms with E-state index < -0.39 is 0 Å². The van der Waals surface area contributed by atoms with Gasteiger partial charge >= 0.3 is 0 Å². The quantitative estimate of drug-likeness (QED) is 0.882. The number of carbonyl (C=O) groups is 1. The molecule has 1 aliphatic rings. The summed E-state index contributed by atoms with van der Waals surface area (Å²) >= 11 is 0. The Morgan fingerprint density at radius 2 is 2.47 bits per heavy atom. The minimum atomic E-state index is 0.0474. The van der Waals surface area contributed by atoms with Gasteiger partial charge in [0.15, 0.2) is 0 Å². The molecule has 2 rings (SSSR count). The van der Waals surface area contributed by atoms with Gasteiger partial charge in [0.2, 0.25) is 0 Å². The van der Waals surface area contributed by atoms with Gasteiger partial charge in [0.05, 0.1) is 6.20 Å². The fourth-order valence-corrected chi connectivity index (χ4v) is 2.61. The van der Waals surface area contributed by atoms with Crippen LogP contribution in [0.15, 0.2) is 10.7 Å². The Bertz CT molecular complexity index is 411. The van der Waals surface area contributed by atoms with Gasteiger partial charge in [-0.25, -0.2) is 0 Å². The van der Waals surface area contributed by atoms with Crippen LogP contribution in [0.3, 0.4) is 0 Å². The van der Waals surface area contributed by atoms with Gasteiger partial charge in [-0.1, -0.05) is 12.1 Å². The second-order valence-electron chi connectivity index (χ2n) is 5.26. The topological polar surface area (TPSA) is 58.4 Å². The summed E-state index contributed by atoms with van der Waals surface area (Å²) in [6, 6.07) is 0. The number of piperidine rings is 1. The van der Waals surface area contributed by atoms with E-state index >= 15 is 0 Å². The first-order valence-corrected chi connectivity index (χ1v) is 7.13. The number of nitrogens with one attached hydrogen (secondary N) is 1. The van der Waals surface area contributed by atoms with Crippen LogP contribution < -0.4 is 5.32 Å². The molecule has 0 aromatic carbocycles. The SMILES string of the molecule is CCCN(CC1CCCNC1)C(=O)c1cnoc1C. The molecular weight excluding hydrogens is 242 g/mol. The van der Waals surface area contributed by atoms with Crippen LogP contribution in [0.25, 0.3) is 0 Å². The number of aryl methyl sites for hydroxylation is 1. The van der Waals surface area contributed by atoms with Crippen LogP contribution in [-0.2, 0) is 0 Å². The predicted molar refractivity (Wildman–Crippen MR) is 73.0 cm³/mol. The van der Waals surface area contributed by atoms with Gasteiger partial charge in [-0.15, -0.1) is 0 Å². The van der Waals surface area contributed by atoms with Crippen LogP contribution in [0.2, 0.25) is 0 Å². The minimum Gasteiger partial charge on any atom is -0.361 e. The molecule has 0 radical (unpaired) electrons. The Hall–Kier alpha value is -1.36. The highest BCUT2D eigenvalue weighted by Gasteiger charge is 2.23.